The van der Waals surface area contributed by atoms with Crippen LogP contribution in [0.25, 0.3) is 22.4 Å². The van der Waals surface area contributed by atoms with Crippen LogP contribution in [0, 0.1) is 11.7 Å². The van der Waals surface area contributed by atoms with Crippen molar-refractivity contribution in [2.75, 3.05) is 13.1 Å². The smallest absolute Gasteiger partial charge is 0.390 e. The van der Waals surface area contributed by atoms with Crippen molar-refractivity contribution in [1.29, 1.82) is 0 Å². The van der Waals surface area contributed by atoms with Gasteiger partial charge in [-0.05, 0) is 37.0 Å². The zero-order valence-corrected chi connectivity index (χ0v) is 14.5. The Balaban J connectivity index is 0.00000225. The van der Waals surface area contributed by atoms with Gasteiger partial charge in [0.1, 0.15) is 17.2 Å². The number of rotatable bonds is 7. The van der Waals surface area contributed by atoms with Crippen molar-refractivity contribution in [3.05, 3.63) is 42.2 Å². The number of halogens is 4. The van der Waals surface area contributed by atoms with E-state index < -0.39 is 18.4 Å². The first-order valence-corrected chi connectivity index (χ1v) is 8.89. The Morgan fingerprint density at radius 3 is 2.81 bits per heavy atom. The molecule has 146 valence electrons. The molecular weight excluding hydrogens is 362 g/mol. The van der Waals surface area contributed by atoms with Crippen LogP contribution in [-0.2, 0) is 6.54 Å². The van der Waals surface area contributed by atoms with E-state index in [9.17, 15) is 17.6 Å². The fourth-order valence-corrected chi connectivity index (χ4v) is 3.24. The number of nitrogens with one attached hydrogen (secondary N) is 1. The Hall–Kier alpha value is -2.35. The van der Waals surface area contributed by atoms with Gasteiger partial charge in [0.2, 0.25) is 0 Å². The third kappa shape index (κ3) is 4.32. The maximum absolute atomic E-state index is 14.3. The van der Waals surface area contributed by atoms with E-state index in [1.807, 2.05) is 0 Å². The first-order chi connectivity index (χ1) is 12.9. The number of hydrogen-bond donors (Lipinski definition) is 1. The average molecular weight is 383 g/mol. The van der Waals surface area contributed by atoms with Gasteiger partial charge in [-0.25, -0.2) is 9.37 Å². The van der Waals surface area contributed by atoms with E-state index in [2.05, 4.69) is 9.97 Å². The summed E-state index contributed by atoms with van der Waals surface area (Å²) in [4.78, 5) is 8.67. The van der Waals surface area contributed by atoms with E-state index >= 15 is 0 Å². The first kappa shape index (κ1) is 18.0. The molecule has 0 saturated heterocycles. The van der Waals surface area contributed by atoms with Crippen LogP contribution in [0.5, 0.6) is 0 Å². The van der Waals surface area contributed by atoms with Crippen molar-refractivity contribution in [3.63, 3.8) is 0 Å². The van der Waals surface area contributed by atoms with Gasteiger partial charge in [-0.3, -0.25) is 4.90 Å². The second-order valence-electron chi connectivity index (χ2n) is 7.03. The number of hydrogen-bond acceptors (Lipinski definition) is 3. The van der Waals surface area contributed by atoms with E-state index in [4.69, 9.17) is 4.42 Å². The minimum atomic E-state index is -4.18. The van der Waals surface area contributed by atoms with Gasteiger partial charge in [0.25, 0.3) is 0 Å². The van der Waals surface area contributed by atoms with E-state index in [-0.39, 0.29) is 14.5 Å². The van der Waals surface area contributed by atoms with Crippen molar-refractivity contribution < 1.29 is 23.4 Å². The van der Waals surface area contributed by atoms with Crippen LogP contribution < -0.4 is 0 Å². The fourth-order valence-electron chi connectivity index (χ4n) is 3.24. The number of alkyl halides is 3. The SMILES string of the molecule is Fc1cnc2[nH]ccc2c1-c1ccc(CN(CCC(F)(F)F)CC2CC2)o1.[HH]. The monoisotopic (exact) mass is 383 g/mol. The van der Waals surface area contributed by atoms with Crippen LogP contribution in [-0.4, -0.2) is 34.1 Å². The first-order valence-electron chi connectivity index (χ1n) is 8.89. The molecule has 0 aliphatic heterocycles. The summed E-state index contributed by atoms with van der Waals surface area (Å²) in [5.41, 5.74) is 0.849. The summed E-state index contributed by atoms with van der Waals surface area (Å²) < 4.78 is 57.9. The maximum atomic E-state index is 14.3. The number of aromatic amines is 1. The molecule has 1 aliphatic carbocycles. The minimum Gasteiger partial charge on any atom is -0.460 e. The van der Waals surface area contributed by atoms with Crippen LogP contribution >= 0.6 is 0 Å². The second-order valence-corrected chi connectivity index (χ2v) is 7.03. The van der Waals surface area contributed by atoms with Gasteiger partial charge in [0, 0.05) is 26.1 Å². The lowest BCUT2D eigenvalue weighted by atomic mass is 10.1. The number of nitrogens with zero attached hydrogens (tertiary/aromatic N) is 2. The minimum absolute atomic E-state index is 0. The van der Waals surface area contributed by atoms with Crippen LogP contribution in [0.15, 0.2) is 35.0 Å². The summed E-state index contributed by atoms with van der Waals surface area (Å²) in [5.74, 6) is 0.823. The van der Waals surface area contributed by atoms with E-state index in [1.54, 1.807) is 29.3 Å². The van der Waals surface area contributed by atoms with Gasteiger partial charge < -0.3 is 9.40 Å². The van der Waals surface area contributed by atoms with E-state index in [0.717, 1.165) is 19.0 Å². The molecule has 1 fully saturated rings. The largest absolute Gasteiger partial charge is 0.460 e. The Labute approximate surface area is 154 Å². The molecule has 1 N–H and O–H groups in total. The predicted octanol–water partition coefficient (Wildman–Crippen LogP) is 5.37. The Morgan fingerprint density at radius 1 is 1.26 bits per heavy atom. The van der Waals surface area contributed by atoms with Gasteiger partial charge in [0.05, 0.1) is 24.7 Å². The predicted molar refractivity (Wildman–Crippen MR) is 94.5 cm³/mol. The highest BCUT2D eigenvalue weighted by molar-refractivity contribution is 5.91. The fraction of sp³-hybridized carbons (Fsp3) is 0.421. The van der Waals surface area contributed by atoms with Gasteiger partial charge >= 0.3 is 6.18 Å². The van der Waals surface area contributed by atoms with Crippen molar-refractivity contribution >= 4 is 11.0 Å². The van der Waals surface area contributed by atoms with Crippen molar-refractivity contribution in [2.24, 2.45) is 5.92 Å². The normalized spacial score (nSPS) is 15.1. The molecule has 0 spiro atoms. The zero-order valence-electron chi connectivity index (χ0n) is 14.5. The molecule has 3 aromatic heterocycles. The zero-order chi connectivity index (χ0) is 19.0. The van der Waals surface area contributed by atoms with Gasteiger partial charge in [-0.15, -0.1) is 0 Å². The summed E-state index contributed by atoms with van der Waals surface area (Å²) in [6, 6.07) is 5.06. The van der Waals surface area contributed by atoms with E-state index in [0.29, 0.717) is 40.6 Å². The average Bonchev–Trinajstić information content (AvgIpc) is 3.10. The quantitative estimate of drug-likeness (QED) is 0.558. The molecule has 0 amide bonds. The molecule has 0 unspecified atom stereocenters. The summed E-state index contributed by atoms with van der Waals surface area (Å²) >= 11 is 0. The van der Waals surface area contributed by atoms with Crippen molar-refractivity contribution in [2.45, 2.75) is 32.0 Å². The molecule has 3 heterocycles. The number of fused-ring (bicyclic) bond motifs is 1. The molecule has 27 heavy (non-hydrogen) atoms. The lowest BCUT2D eigenvalue weighted by Crippen LogP contribution is -2.29. The highest BCUT2D eigenvalue weighted by atomic mass is 19.4. The molecule has 8 heteroatoms. The van der Waals surface area contributed by atoms with Gasteiger partial charge in [-0.1, -0.05) is 0 Å². The highest BCUT2D eigenvalue weighted by Crippen LogP contribution is 2.33. The van der Waals surface area contributed by atoms with Crippen LogP contribution in [0.4, 0.5) is 17.6 Å². The standard InChI is InChI=1S/C19H19F4N3O.H2/c20-15-9-25-18-14(5-7-24-18)17(15)16-4-3-13(27-16)11-26(10-12-1-2-12)8-6-19(21,22)23;/h3-5,7,9,12H,1-2,6,8,10-11H2,(H,24,25);1H. The topological polar surface area (TPSA) is 45.1 Å². The number of pyridine rings is 1. The molecule has 0 bridgehead atoms. The number of H-pyrrole nitrogens is 1. The maximum Gasteiger partial charge on any atom is 0.390 e. The van der Waals surface area contributed by atoms with Crippen LogP contribution in [0.1, 0.15) is 26.4 Å². The van der Waals surface area contributed by atoms with Crippen LogP contribution in [0.3, 0.4) is 0 Å². The van der Waals surface area contributed by atoms with Crippen LogP contribution in [0.2, 0.25) is 0 Å². The Kier molecular flexibility index (Phi) is 4.67. The number of aromatic nitrogens is 2. The third-order valence-corrected chi connectivity index (χ3v) is 4.75. The summed E-state index contributed by atoms with van der Waals surface area (Å²) in [5, 5.41) is 0.600. The molecule has 4 nitrogen and oxygen atoms in total. The van der Waals surface area contributed by atoms with Crippen molar-refractivity contribution in [3.8, 4) is 11.3 Å². The van der Waals surface area contributed by atoms with E-state index in [1.165, 1.54) is 0 Å². The Bertz CT molecular complexity index is 933. The summed E-state index contributed by atoms with van der Waals surface area (Å²) in [7, 11) is 0. The molecular formula is C19H21F4N3O. The van der Waals surface area contributed by atoms with Crippen molar-refractivity contribution in [1.82, 2.24) is 14.9 Å². The molecule has 1 aliphatic rings. The molecule has 0 atom stereocenters. The highest BCUT2D eigenvalue weighted by Gasteiger charge is 2.30. The second kappa shape index (κ2) is 6.99. The van der Waals surface area contributed by atoms with Gasteiger partial charge in [-0.2, -0.15) is 13.2 Å². The third-order valence-electron chi connectivity index (χ3n) is 4.75. The molecule has 0 radical (unpaired) electrons. The molecule has 4 rings (SSSR count). The van der Waals surface area contributed by atoms with Gasteiger partial charge in [0.15, 0.2) is 5.82 Å². The lowest BCUT2D eigenvalue weighted by molar-refractivity contribution is -0.138. The summed E-state index contributed by atoms with van der Waals surface area (Å²) in [6.45, 7) is 0.828. The molecule has 3 aromatic rings. The molecule has 0 aromatic carbocycles. The lowest BCUT2D eigenvalue weighted by Gasteiger charge is -2.21. The summed E-state index contributed by atoms with van der Waals surface area (Å²) in [6.07, 6.45) is -0.135. The Morgan fingerprint density at radius 2 is 2.07 bits per heavy atom. The molecule has 1 saturated carbocycles. The number of furan rings is 1.